The van der Waals surface area contributed by atoms with Gasteiger partial charge >= 0.3 is 0 Å². The van der Waals surface area contributed by atoms with E-state index in [0.29, 0.717) is 30.2 Å². The number of nitrogens with one attached hydrogen (secondary N) is 1. The standard InChI is InChI=1S/C27H28N2O3/c1-27(2,3)23-9-5-7-11-25(23)32-19-26(30)29-24-10-6-4-8-21(24)18-31-22-14-12-20(13-15-22)16-17-28/h4-15H,16,18-19H2,1-3H3,(H,29,30). The van der Waals surface area contributed by atoms with Gasteiger partial charge in [0, 0.05) is 11.3 Å². The van der Waals surface area contributed by atoms with Gasteiger partial charge in [0.05, 0.1) is 12.5 Å². The molecule has 0 fully saturated rings. The number of benzene rings is 3. The van der Waals surface area contributed by atoms with E-state index in [1.54, 1.807) is 0 Å². The normalized spacial score (nSPS) is 10.8. The average Bonchev–Trinajstić information content (AvgIpc) is 2.78. The van der Waals surface area contributed by atoms with E-state index in [1.165, 1.54) is 0 Å². The minimum atomic E-state index is -0.234. The Morgan fingerprint density at radius 3 is 2.34 bits per heavy atom. The van der Waals surface area contributed by atoms with Crippen LogP contribution in [0.5, 0.6) is 11.5 Å². The Bertz CT molecular complexity index is 1090. The first-order valence-electron chi connectivity index (χ1n) is 10.6. The van der Waals surface area contributed by atoms with E-state index in [2.05, 4.69) is 32.2 Å². The molecule has 0 radical (unpaired) electrons. The quantitative estimate of drug-likeness (QED) is 0.503. The second-order valence-electron chi connectivity index (χ2n) is 8.51. The molecule has 0 aliphatic rings. The van der Waals surface area contributed by atoms with Crippen LogP contribution >= 0.6 is 0 Å². The molecular weight excluding hydrogens is 400 g/mol. The molecule has 0 aliphatic carbocycles. The van der Waals surface area contributed by atoms with E-state index < -0.39 is 0 Å². The molecule has 32 heavy (non-hydrogen) atoms. The van der Waals surface area contributed by atoms with Gasteiger partial charge in [-0.2, -0.15) is 5.26 Å². The Morgan fingerprint density at radius 2 is 1.62 bits per heavy atom. The van der Waals surface area contributed by atoms with Crippen molar-refractivity contribution in [3.05, 3.63) is 89.5 Å². The molecule has 0 heterocycles. The first-order chi connectivity index (χ1) is 15.4. The van der Waals surface area contributed by atoms with Gasteiger partial charge in [-0.25, -0.2) is 0 Å². The molecule has 1 N–H and O–H groups in total. The Labute approximate surface area is 189 Å². The largest absolute Gasteiger partial charge is 0.489 e. The number of nitriles is 1. The molecule has 0 aliphatic heterocycles. The third-order valence-corrected chi connectivity index (χ3v) is 4.95. The van der Waals surface area contributed by atoms with Gasteiger partial charge in [0.1, 0.15) is 18.1 Å². The lowest BCUT2D eigenvalue weighted by Crippen LogP contribution is -2.22. The first kappa shape index (κ1) is 22.9. The van der Waals surface area contributed by atoms with Crippen molar-refractivity contribution < 1.29 is 14.3 Å². The Morgan fingerprint density at radius 1 is 0.938 bits per heavy atom. The number of amides is 1. The summed E-state index contributed by atoms with van der Waals surface area (Å²) in [5, 5.41) is 11.7. The highest BCUT2D eigenvalue weighted by Crippen LogP contribution is 2.31. The van der Waals surface area contributed by atoms with Crippen LogP contribution in [0.3, 0.4) is 0 Å². The van der Waals surface area contributed by atoms with E-state index in [9.17, 15) is 4.79 Å². The Kier molecular flexibility index (Phi) is 7.51. The third-order valence-electron chi connectivity index (χ3n) is 4.95. The SMILES string of the molecule is CC(C)(C)c1ccccc1OCC(=O)Nc1ccccc1COc1ccc(CC#N)cc1. The van der Waals surface area contributed by atoms with Crippen molar-refractivity contribution in [1.82, 2.24) is 0 Å². The van der Waals surface area contributed by atoms with E-state index >= 15 is 0 Å². The average molecular weight is 429 g/mol. The Balaban J connectivity index is 1.60. The number of carbonyl (C=O) groups excluding carboxylic acids is 1. The molecule has 0 unspecified atom stereocenters. The molecule has 0 aromatic heterocycles. The van der Waals surface area contributed by atoms with Crippen LogP contribution in [0, 0.1) is 11.3 Å². The number of carbonyl (C=O) groups is 1. The van der Waals surface area contributed by atoms with Crippen LogP contribution in [0.4, 0.5) is 5.69 Å². The molecule has 5 heteroatoms. The van der Waals surface area contributed by atoms with Crippen molar-refractivity contribution in [1.29, 1.82) is 5.26 Å². The van der Waals surface area contributed by atoms with Crippen LogP contribution in [0.1, 0.15) is 37.5 Å². The lowest BCUT2D eigenvalue weighted by molar-refractivity contribution is -0.118. The first-order valence-corrected chi connectivity index (χ1v) is 10.6. The van der Waals surface area contributed by atoms with Crippen molar-refractivity contribution in [2.45, 2.75) is 39.2 Å². The molecule has 1 amide bonds. The summed E-state index contributed by atoms with van der Waals surface area (Å²) in [7, 11) is 0. The molecule has 0 spiro atoms. The summed E-state index contributed by atoms with van der Waals surface area (Å²) in [6, 6.07) is 24.9. The summed E-state index contributed by atoms with van der Waals surface area (Å²) in [5.74, 6) is 1.18. The van der Waals surface area contributed by atoms with Crippen molar-refractivity contribution in [2.24, 2.45) is 0 Å². The number of rotatable bonds is 8. The topological polar surface area (TPSA) is 71.3 Å². The predicted molar refractivity (Wildman–Crippen MR) is 126 cm³/mol. The van der Waals surface area contributed by atoms with Gasteiger partial charge in [0.15, 0.2) is 6.61 Å². The van der Waals surface area contributed by atoms with Gasteiger partial charge in [0.2, 0.25) is 0 Å². The lowest BCUT2D eigenvalue weighted by atomic mass is 9.86. The van der Waals surface area contributed by atoms with E-state index in [0.717, 1.165) is 16.7 Å². The molecule has 0 atom stereocenters. The fourth-order valence-electron chi connectivity index (χ4n) is 3.27. The fourth-order valence-corrected chi connectivity index (χ4v) is 3.27. The zero-order valence-corrected chi connectivity index (χ0v) is 18.7. The zero-order valence-electron chi connectivity index (χ0n) is 18.7. The smallest absolute Gasteiger partial charge is 0.262 e. The molecule has 0 saturated heterocycles. The second kappa shape index (κ2) is 10.5. The molecular formula is C27H28N2O3. The molecule has 3 aromatic carbocycles. The van der Waals surface area contributed by atoms with Crippen LogP contribution in [-0.2, 0) is 23.2 Å². The highest BCUT2D eigenvalue weighted by molar-refractivity contribution is 5.92. The summed E-state index contributed by atoms with van der Waals surface area (Å²) in [4.78, 5) is 12.6. The van der Waals surface area contributed by atoms with Gasteiger partial charge in [-0.15, -0.1) is 0 Å². The van der Waals surface area contributed by atoms with Crippen molar-refractivity contribution in [3.63, 3.8) is 0 Å². The van der Waals surface area contributed by atoms with Crippen LogP contribution in [0.25, 0.3) is 0 Å². The van der Waals surface area contributed by atoms with Crippen LogP contribution < -0.4 is 14.8 Å². The maximum atomic E-state index is 12.6. The summed E-state index contributed by atoms with van der Waals surface area (Å²) < 4.78 is 11.7. The summed E-state index contributed by atoms with van der Waals surface area (Å²) >= 11 is 0. The third kappa shape index (κ3) is 6.36. The molecule has 3 aromatic rings. The molecule has 164 valence electrons. The van der Waals surface area contributed by atoms with Gasteiger partial charge in [-0.05, 0) is 40.8 Å². The van der Waals surface area contributed by atoms with Gasteiger partial charge in [-0.1, -0.05) is 69.3 Å². The van der Waals surface area contributed by atoms with E-state index in [-0.39, 0.29) is 17.9 Å². The Hall–Kier alpha value is -3.78. The minimum Gasteiger partial charge on any atom is -0.489 e. The second-order valence-corrected chi connectivity index (χ2v) is 8.51. The van der Waals surface area contributed by atoms with Crippen molar-refractivity contribution in [2.75, 3.05) is 11.9 Å². The number of hydrogen-bond acceptors (Lipinski definition) is 4. The van der Waals surface area contributed by atoms with Gasteiger partial charge in [-0.3, -0.25) is 4.79 Å². The summed E-state index contributed by atoms with van der Waals surface area (Å²) in [5.41, 5.74) is 3.47. The summed E-state index contributed by atoms with van der Waals surface area (Å²) in [6.45, 7) is 6.57. The minimum absolute atomic E-state index is 0.0795. The molecule has 0 bridgehead atoms. The number of nitrogens with zero attached hydrogens (tertiary/aromatic N) is 1. The number of para-hydroxylation sites is 2. The monoisotopic (exact) mass is 428 g/mol. The van der Waals surface area contributed by atoms with Crippen molar-refractivity contribution >= 4 is 11.6 Å². The van der Waals surface area contributed by atoms with Gasteiger partial charge < -0.3 is 14.8 Å². The molecule has 3 rings (SSSR count). The lowest BCUT2D eigenvalue weighted by Gasteiger charge is -2.22. The van der Waals surface area contributed by atoms with Crippen LogP contribution in [0.2, 0.25) is 0 Å². The van der Waals surface area contributed by atoms with Crippen LogP contribution in [-0.4, -0.2) is 12.5 Å². The molecule has 5 nitrogen and oxygen atoms in total. The number of ether oxygens (including phenoxy) is 2. The maximum Gasteiger partial charge on any atom is 0.262 e. The predicted octanol–water partition coefficient (Wildman–Crippen LogP) is 5.65. The highest BCUT2D eigenvalue weighted by atomic mass is 16.5. The van der Waals surface area contributed by atoms with E-state index in [1.807, 2.05) is 72.8 Å². The fraction of sp³-hybridized carbons (Fsp3) is 0.259. The zero-order chi connectivity index (χ0) is 23.0. The van der Waals surface area contributed by atoms with Crippen molar-refractivity contribution in [3.8, 4) is 17.6 Å². The summed E-state index contributed by atoms with van der Waals surface area (Å²) in [6.07, 6.45) is 0.372. The number of anilines is 1. The van der Waals surface area contributed by atoms with Gasteiger partial charge in [0.25, 0.3) is 5.91 Å². The maximum absolute atomic E-state index is 12.6. The van der Waals surface area contributed by atoms with E-state index in [4.69, 9.17) is 14.7 Å². The van der Waals surface area contributed by atoms with Crippen LogP contribution in [0.15, 0.2) is 72.8 Å². The molecule has 0 saturated carbocycles. The highest BCUT2D eigenvalue weighted by Gasteiger charge is 2.19. The number of hydrogen-bond donors (Lipinski definition) is 1.